The number of benzene rings is 1. The van der Waals surface area contributed by atoms with Crippen molar-refractivity contribution in [3.63, 3.8) is 0 Å². The number of amides is 2. The van der Waals surface area contributed by atoms with Crippen LogP contribution in [0.25, 0.3) is 0 Å². The zero-order chi connectivity index (χ0) is 17.0. The average molecular weight is 338 g/mol. The molecular weight excluding hydrogens is 315 g/mol. The average Bonchev–Trinajstić information content (AvgIpc) is 2.54. The van der Waals surface area contributed by atoms with Crippen molar-refractivity contribution in [2.24, 2.45) is 11.7 Å². The molecule has 4 nitrogen and oxygen atoms in total. The molecule has 1 fully saturated rings. The van der Waals surface area contributed by atoms with Crippen LogP contribution in [-0.2, 0) is 9.59 Å². The number of carbonyl (C=O) groups excluding carboxylic acids is 2. The third kappa shape index (κ3) is 4.47. The molecule has 0 unspecified atom stereocenters. The minimum Gasteiger partial charge on any atom is -0.369 e. The highest BCUT2D eigenvalue weighted by Gasteiger charge is 2.30. The maximum absolute atomic E-state index is 13.8. The van der Waals surface area contributed by atoms with Gasteiger partial charge in [-0.1, -0.05) is 18.2 Å². The molecule has 0 radical (unpaired) electrons. The minimum atomic E-state index is -0.345. The number of hydrogen-bond acceptors (Lipinski definition) is 3. The molecule has 0 spiro atoms. The highest BCUT2D eigenvalue weighted by atomic mass is 32.2. The lowest BCUT2D eigenvalue weighted by Gasteiger charge is -2.33. The summed E-state index contributed by atoms with van der Waals surface area (Å²) in [5.74, 6) is -0.862. The van der Waals surface area contributed by atoms with E-state index in [1.807, 2.05) is 13.8 Å². The number of primary amides is 1. The Morgan fingerprint density at radius 2 is 2.04 bits per heavy atom. The summed E-state index contributed by atoms with van der Waals surface area (Å²) in [6.45, 7) is 4.78. The summed E-state index contributed by atoms with van der Waals surface area (Å²) in [4.78, 5) is 25.6. The fourth-order valence-corrected chi connectivity index (χ4v) is 4.12. The molecule has 0 aliphatic carbocycles. The summed E-state index contributed by atoms with van der Waals surface area (Å²) in [5, 5.41) is -0.414. The molecule has 2 rings (SSSR count). The lowest BCUT2D eigenvalue weighted by Crippen LogP contribution is -2.46. The van der Waals surface area contributed by atoms with Gasteiger partial charge in [-0.15, -0.1) is 11.8 Å². The predicted octanol–water partition coefficient (Wildman–Crippen LogP) is 2.73. The Hall–Kier alpha value is -1.56. The van der Waals surface area contributed by atoms with E-state index >= 15 is 0 Å². The van der Waals surface area contributed by atoms with Gasteiger partial charge in [0.1, 0.15) is 5.82 Å². The highest BCUT2D eigenvalue weighted by Crippen LogP contribution is 2.34. The van der Waals surface area contributed by atoms with Crippen LogP contribution in [-0.4, -0.2) is 35.1 Å². The second-order valence-electron chi connectivity index (χ2n) is 5.97. The topological polar surface area (TPSA) is 63.4 Å². The first-order valence-electron chi connectivity index (χ1n) is 7.88. The standard InChI is InChI=1S/C17H23FN2O2S/c1-11(14-7-3-4-8-15(14)18)23-12(2)17(22)20-9-5-6-13(10-20)16(19)21/h3-4,7-8,11-13H,5-6,9-10H2,1-2H3,(H2,19,21)/t11-,12+,13-/m1/s1. The minimum absolute atomic E-state index is 0.0101. The molecule has 126 valence electrons. The van der Waals surface area contributed by atoms with Crippen molar-refractivity contribution in [3.05, 3.63) is 35.6 Å². The van der Waals surface area contributed by atoms with E-state index in [9.17, 15) is 14.0 Å². The van der Waals surface area contributed by atoms with Crippen LogP contribution in [0.2, 0.25) is 0 Å². The van der Waals surface area contributed by atoms with E-state index < -0.39 is 0 Å². The fourth-order valence-electron chi connectivity index (χ4n) is 2.91. The van der Waals surface area contributed by atoms with E-state index in [4.69, 9.17) is 5.73 Å². The molecule has 6 heteroatoms. The van der Waals surface area contributed by atoms with Gasteiger partial charge in [-0.3, -0.25) is 9.59 Å². The number of rotatable bonds is 5. The Balaban J connectivity index is 1.97. The molecule has 1 aromatic carbocycles. The maximum atomic E-state index is 13.8. The molecule has 1 saturated heterocycles. The molecule has 0 saturated carbocycles. The Bertz CT molecular complexity index is 581. The largest absolute Gasteiger partial charge is 0.369 e. The molecule has 23 heavy (non-hydrogen) atoms. The lowest BCUT2D eigenvalue weighted by molar-refractivity contribution is -0.134. The van der Waals surface area contributed by atoms with Crippen LogP contribution in [0.1, 0.15) is 37.5 Å². The smallest absolute Gasteiger partial charge is 0.235 e. The second-order valence-corrected chi connectivity index (χ2v) is 7.65. The summed E-state index contributed by atoms with van der Waals surface area (Å²) in [6.07, 6.45) is 1.53. The number of hydrogen-bond donors (Lipinski definition) is 1. The van der Waals surface area contributed by atoms with E-state index in [2.05, 4.69) is 0 Å². The molecule has 3 atom stereocenters. The molecular formula is C17H23FN2O2S. The summed E-state index contributed by atoms with van der Waals surface area (Å²) < 4.78 is 13.8. The van der Waals surface area contributed by atoms with Gasteiger partial charge < -0.3 is 10.6 Å². The number of piperidine rings is 1. The third-order valence-electron chi connectivity index (χ3n) is 4.23. The molecule has 2 amide bonds. The van der Waals surface area contributed by atoms with Crippen LogP contribution in [0.15, 0.2) is 24.3 Å². The fraction of sp³-hybridized carbons (Fsp3) is 0.529. The quantitative estimate of drug-likeness (QED) is 0.898. The Morgan fingerprint density at radius 1 is 1.35 bits per heavy atom. The maximum Gasteiger partial charge on any atom is 0.235 e. The van der Waals surface area contributed by atoms with Crippen molar-refractivity contribution in [2.45, 2.75) is 37.2 Å². The van der Waals surface area contributed by atoms with Crippen LogP contribution < -0.4 is 5.73 Å². The van der Waals surface area contributed by atoms with Gasteiger partial charge in [0, 0.05) is 23.9 Å². The Morgan fingerprint density at radius 3 is 2.70 bits per heavy atom. The van der Waals surface area contributed by atoms with Crippen LogP contribution in [0.4, 0.5) is 4.39 Å². The molecule has 2 N–H and O–H groups in total. The van der Waals surface area contributed by atoms with E-state index in [0.29, 0.717) is 18.7 Å². The number of thioether (sulfide) groups is 1. The number of likely N-dealkylation sites (tertiary alicyclic amines) is 1. The van der Waals surface area contributed by atoms with Crippen LogP contribution in [0.3, 0.4) is 0 Å². The van der Waals surface area contributed by atoms with Crippen molar-refractivity contribution >= 4 is 23.6 Å². The van der Waals surface area contributed by atoms with Gasteiger partial charge in [-0.05, 0) is 32.8 Å². The first kappa shape index (κ1) is 17.8. The van der Waals surface area contributed by atoms with Gasteiger partial charge in [0.05, 0.1) is 11.2 Å². The zero-order valence-electron chi connectivity index (χ0n) is 13.5. The molecule has 1 heterocycles. The SMILES string of the molecule is C[C@H](S[C@H](C)c1ccccc1F)C(=O)N1CCC[C@@H](C(N)=O)C1. The number of carbonyl (C=O) groups is 2. The van der Waals surface area contributed by atoms with Gasteiger partial charge in [0.15, 0.2) is 0 Å². The van der Waals surface area contributed by atoms with Crippen LogP contribution in [0.5, 0.6) is 0 Å². The molecule has 0 bridgehead atoms. The highest BCUT2D eigenvalue weighted by molar-refractivity contribution is 8.00. The second kappa shape index (κ2) is 7.81. The van der Waals surface area contributed by atoms with Gasteiger partial charge in [-0.25, -0.2) is 4.39 Å². The molecule has 0 aromatic heterocycles. The summed E-state index contributed by atoms with van der Waals surface area (Å²) in [6, 6.07) is 6.63. The molecule has 1 aliphatic rings. The number of nitrogens with zero attached hydrogens (tertiary/aromatic N) is 1. The number of halogens is 1. The lowest BCUT2D eigenvalue weighted by atomic mass is 9.97. The monoisotopic (exact) mass is 338 g/mol. The van der Waals surface area contributed by atoms with Crippen molar-refractivity contribution in [3.8, 4) is 0 Å². The van der Waals surface area contributed by atoms with Crippen molar-refractivity contribution in [1.82, 2.24) is 4.90 Å². The van der Waals surface area contributed by atoms with Crippen LogP contribution >= 0.6 is 11.8 Å². The third-order valence-corrected chi connectivity index (χ3v) is 5.51. The normalized spacial score (nSPS) is 20.8. The van der Waals surface area contributed by atoms with E-state index in [0.717, 1.165) is 12.8 Å². The molecule has 1 aromatic rings. The first-order valence-corrected chi connectivity index (χ1v) is 8.82. The van der Waals surface area contributed by atoms with Gasteiger partial charge in [0.2, 0.25) is 11.8 Å². The van der Waals surface area contributed by atoms with Gasteiger partial charge >= 0.3 is 0 Å². The van der Waals surface area contributed by atoms with Crippen molar-refractivity contribution < 1.29 is 14.0 Å². The van der Waals surface area contributed by atoms with Gasteiger partial charge in [0.25, 0.3) is 0 Å². The Labute approximate surface area is 140 Å². The summed E-state index contributed by atoms with van der Waals surface area (Å²) in [7, 11) is 0. The molecule has 1 aliphatic heterocycles. The van der Waals surface area contributed by atoms with Crippen LogP contribution in [0, 0.1) is 11.7 Å². The summed E-state index contributed by atoms with van der Waals surface area (Å²) >= 11 is 1.43. The van der Waals surface area contributed by atoms with E-state index in [-0.39, 0.29) is 34.0 Å². The Kier molecular flexibility index (Phi) is 6.04. The summed E-state index contributed by atoms with van der Waals surface area (Å²) in [5.41, 5.74) is 5.96. The zero-order valence-corrected chi connectivity index (χ0v) is 14.3. The van der Waals surface area contributed by atoms with Gasteiger partial charge in [-0.2, -0.15) is 0 Å². The van der Waals surface area contributed by atoms with Crippen molar-refractivity contribution in [2.75, 3.05) is 13.1 Å². The first-order chi connectivity index (χ1) is 10.9. The number of nitrogens with two attached hydrogens (primary N) is 1. The van der Waals surface area contributed by atoms with E-state index in [1.54, 1.807) is 23.1 Å². The predicted molar refractivity (Wildman–Crippen MR) is 90.4 cm³/mol. The van der Waals surface area contributed by atoms with Crippen molar-refractivity contribution in [1.29, 1.82) is 0 Å². The van der Waals surface area contributed by atoms with E-state index in [1.165, 1.54) is 17.8 Å².